The molecule has 1 saturated heterocycles. The van der Waals surface area contributed by atoms with E-state index >= 15 is 0 Å². The molecule has 0 radical (unpaired) electrons. The molecule has 4 N–H and O–H groups in total. The van der Waals surface area contributed by atoms with Crippen LogP contribution in [0.15, 0.2) is 53.5 Å². The van der Waals surface area contributed by atoms with Crippen LogP contribution in [0, 0.1) is 0 Å². The van der Waals surface area contributed by atoms with Gasteiger partial charge < -0.3 is 25.4 Å². The number of hydrogen-bond acceptors (Lipinski definition) is 6. The predicted molar refractivity (Wildman–Crippen MR) is 136 cm³/mol. The second-order valence-corrected chi connectivity index (χ2v) is 8.72. The van der Waals surface area contributed by atoms with E-state index in [4.69, 9.17) is 15.2 Å². The van der Waals surface area contributed by atoms with Crippen molar-refractivity contribution < 1.29 is 19.1 Å². The van der Waals surface area contributed by atoms with E-state index < -0.39 is 6.04 Å². The molecule has 35 heavy (non-hydrogen) atoms. The van der Waals surface area contributed by atoms with Crippen molar-refractivity contribution in [3.63, 3.8) is 0 Å². The Bertz CT molecular complexity index is 1020. The Morgan fingerprint density at radius 1 is 1.06 bits per heavy atom. The Labute approximate surface area is 206 Å². The van der Waals surface area contributed by atoms with Crippen molar-refractivity contribution >= 4 is 17.8 Å². The molecule has 2 aromatic rings. The van der Waals surface area contributed by atoms with Gasteiger partial charge in [-0.25, -0.2) is 4.99 Å². The lowest BCUT2D eigenvalue weighted by atomic mass is 10.0. The number of likely N-dealkylation sites (tertiary alicyclic amines) is 1. The summed E-state index contributed by atoms with van der Waals surface area (Å²) in [4.78, 5) is 32.3. The molecule has 2 amide bonds. The summed E-state index contributed by atoms with van der Waals surface area (Å²) >= 11 is 0. The average Bonchev–Trinajstić information content (AvgIpc) is 2.85. The van der Waals surface area contributed by atoms with Crippen molar-refractivity contribution in [2.45, 2.75) is 37.8 Å². The maximum absolute atomic E-state index is 13.1. The number of carbonyl (C=O) groups is 2. The summed E-state index contributed by atoms with van der Waals surface area (Å²) in [5, 5.41) is 5.72. The van der Waals surface area contributed by atoms with Crippen LogP contribution in [0.25, 0.3) is 0 Å². The highest BCUT2D eigenvalue weighted by Gasteiger charge is 2.24. The lowest BCUT2D eigenvalue weighted by Gasteiger charge is -2.30. The number of hydrogen-bond donors (Lipinski definition) is 3. The Balaban J connectivity index is 1.67. The predicted octanol–water partition coefficient (Wildman–Crippen LogP) is 1.50. The number of nitrogens with two attached hydrogens (primary N) is 1. The van der Waals surface area contributed by atoms with E-state index in [-0.39, 0.29) is 30.2 Å². The van der Waals surface area contributed by atoms with E-state index in [1.165, 1.54) is 7.11 Å². The number of carbonyl (C=O) groups excluding carboxylic acids is 2. The standard InChI is InChI=1S/C26H35N5O4/c1-31-13-11-20(12-14-31)28-25(33)21(15-18-7-5-4-6-8-18)29-26(27)30-24(32)17-19-9-10-22(34-2)23(16-19)35-3/h4-10,16,20-21H,11-15,17H2,1-3H3,(H,28,33)(H3,27,29,30,32). The molecule has 0 aliphatic carbocycles. The van der Waals surface area contributed by atoms with Gasteiger partial charge in [-0.3, -0.25) is 14.9 Å². The lowest BCUT2D eigenvalue weighted by Crippen LogP contribution is -2.48. The fourth-order valence-corrected chi connectivity index (χ4v) is 4.05. The monoisotopic (exact) mass is 481 g/mol. The van der Waals surface area contributed by atoms with Crippen LogP contribution in [-0.2, 0) is 22.4 Å². The first-order chi connectivity index (χ1) is 16.9. The molecule has 188 valence electrons. The van der Waals surface area contributed by atoms with Crippen molar-refractivity contribution in [2.24, 2.45) is 10.7 Å². The van der Waals surface area contributed by atoms with Gasteiger partial charge in [-0.1, -0.05) is 36.4 Å². The minimum absolute atomic E-state index is 0.0711. The van der Waals surface area contributed by atoms with Crippen LogP contribution < -0.4 is 25.8 Å². The van der Waals surface area contributed by atoms with Gasteiger partial charge in [0.05, 0.1) is 20.6 Å². The van der Waals surface area contributed by atoms with Gasteiger partial charge in [0.1, 0.15) is 6.04 Å². The summed E-state index contributed by atoms with van der Waals surface area (Å²) < 4.78 is 10.5. The molecule has 1 aliphatic heterocycles. The number of nitrogens with zero attached hydrogens (tertiary/aromatic N) is 2. The quantitative estimate of drug-likeness (QED) is 0.369. The van der Waals surface area contributed by atoms with E-state index in [9.17, 15) is 9.59 Å². The van der Waals surface area contributed by atoms with E-state index in [1.807, 2.05) is 30.3 Å². The summed E-state index contributed by atoms with van der Waals surface area (Å²) in [6, 6.07) is 14.2. The Morgan fingerprint density at radius 2 is 1.74 bits per heavy atom. The van der Waals surface area contributed by atoms with Gasteiger partial charge in [-0.15, -0.1) is 0 Å². The molecule has 0 aromatic heterocycles. The first-order valence-electron chi connectivity index (χ1n) is 11.7. The largest absolute Gasteiger partial charge is 0.493 e. The molecule has 9 heteroatoms. The normalized spacial score (nSPS) is 15.8. The van der Waals surface area contributed by atoms with Crippen LogP contribution in [-0.4, -0.2) is 69.1 Å². The second-order valence-electron chi connectivity index (χ2n) is 8.72. The molecule has 0 bridgehead atoms. The zero-order valence-electron chi connectivity index (χ0n) is 20.6. The van der Waals surface area contributed by atoms with Crippen molar-refractivity contribution in [1.82, 2.24) is 15.5 Å². The van der Waals surface area contributed by atoms with Crippen molar-refractivity contribution in [3.8, 4) is 11.5 Å². The molecule has 0 spiro atoms. The molecular formula is C26H35N5O4. The van der Waals surface area contributed by atoms with Crippen LogP contribution in [0.1, 0.15) is 24.0 Å². The topological polar surface area (TPSA) is 118 Å². The van der Waals surface area contributed by atoms with Crippen LogP contribution >= 0.6 is 0 Å². The maximum atomic E-state index is 13.1. The van der Waals surface area contributed by atoms with Crippen molar-refractivity contribution in [3.05, 3.63) is 59.7 Å². The van der Waals surface area contributed by atoms with E-state index in [0.717, 1.165) is 37.1 Å². The summed E-state index contributed by atoms with van der Waals surface area (Å²) in [7, 11) is 5.16. The van der Waals surface area contributed by atoms with Gasteiger partial charge in [0, 0.05) is 12.5 Å². The Hall–Kier alpha value is -3.59. The minimum Gasteiger partial charge on any atom is -0.493 e. The fourth-order valence-electron chi connectivity index (χ4n) is 4.05. The van der Waals surface area contributed by atoms with Crippen LogP contribution in [0.4, 0.5) is 0 Å². The zero-order valence-corrected chi connectivity index (χ0v) is 20.6. The highest BCUT2D eigenvalue weighted by atomic mass is 16.5. The van der Waals surface area contributed by atoms with E-state index in [2.05, 4.69) is 27.6 Å². The van der Waals surface area contributed by atoms with Gasteiger partial charge in [-0.2, -0.15) is 0 Å². The summed E-state index contributed by atoms with van der Waals surface area (Å²) in [5.74, 6) is 0.494. The van der Waals surface area contributed by atoms with Gasteiger partial charge in [0.15, 0.2) is 17.5 Å². The number of amides is 2. The molecular weight excluding hydrogens is 446 g/mol. The van der Waals surface area contributed by atoms with Crippen LogP contribution in [0.3, 0.4) is 0 Å². The number of methoxy groups -OCH3 is 2. The second kappa shape index (κ2) is 12.8. The number of piperidine rings is 1. The fraction of sp³-hybridized carbons (Fsp3) is 0.423. The minimum atomic E-state index is -0.751. The highest BCUT2D eigenvalue weighted by Crippen LogP contribution is 2.27. The molecule has 1 unspecified atom stereocenters. The first-order valence-corrected chi connectivity index (χ1v) is 11.7. The van der Waals surface area contributed by atoms with Gasteiger partial charge in [-0.05, 0) is 56.2 Å². The number of nitrogens with one attached hydrogen (secondary N) is 2. The van der Waals surface area contributed by atoms with E-state index in [0.29, 0.717) is 17.9 Å². The molecule has 9 nitrogen and oxygen atoms in total. The molecule has 1 atom stereocenters. The molecule has 2 aromatic carbocycles. The lowest BCUT2D eigenvalue weighted by molar-refractivity contribution is -0.123. The molecule has 1 aliphatic rings. The smallest absolute Gasteiger partial charge is 0.245 e. The molecule has 1 fully saturated rings. The van der Waals surface area contributed by atoms with Crippen molar-refractivity contribution in [1.29, 1.82) is 0 Å². The number of benzene rings is 2. The SMILES string of the molecule is COc1ccc(CC(=O)NC(N)=NC(Cc2ccccc2)C(=O)NC2CCN(C)CC2)cc1OC. The zero-order chi connectivity index (χ0) is 25.2. The molecule has 3 rings (SSSR count). The van der Waals surface area contributed by atoms with Crippen LogP contribution in [0.2, 0.25) is 0 Å². The third-order valence-electron chi connectivity index (χ3n) is 6.01. The Morgan fingerprint density at radius 3 is 2.40 bits per heavy atom. The summed E-state index contributed by atoms with van der Waals surface area (Å²) in [5.41, 5.74) is 7.75. The Kier molecular flexibility index (Phi) is 9.48. The summed E-state index contributed by atoms with van der Waals surface area (Å²) in [6.45, 7) is 1.87. The third-order valence-corrected chi connectivity index (χ3v) is 6.01. The summed E-state index contributed by atoms with van der Waals surface area (Å²) in [6.07, 6.45) is 2.23. The van der Waals surface area contributed by atoms with Gasteiger partial charge in [0.25, 0.3) is 0 Å². The average molecular weight is 482 g/mol. The van der Waals surface area contributed by atoms with Gasteiger partial charge in [0.2, 0.25) is 11.8 Å². The number of rotatable bonds is 9. The molecule has 1 heterocycles. The number of aliphatic imine (C=N–C) groups is 1. The van der Waals surface area contributed by atoms with E-state index in [1.54, 1.807) is 25.3 Å². The first kappa shape index (κ1) is 26.0. The van der Waals surface area contributed by atoms with Crippen LogP contribution in [0.5, 0.6) is 11.5 Å². The van der Waals surface area contributed by atoms with Gasteiger partial charge >= 0.3 is 0 Å². The maximum Gasteiger partial charge on any atom is 0.245 e. The molecule has 0 saturated carbocycles. The number of guanidine groups is 1. The third kappa shape index (κ3) is 7.99. The highest BCUT2D eigenvalue weighted by molar-refractivity contribution is 5.98. The van der Waals surface area contributed by atoms with Crippen molar-refractivity contribution in [2.75, 3.05) is 34.4 Å². The number of ether oxygens (including phenoxy) is 2.